The van der Waals surface area contributed by atoms with Crippen molar-refractivity contribution in [2.45, 2.75) is 25.8 Å². The molecule has 13 heavy (non-hydrogen) atoms. The van der Waals surface area contributed by atoms with Crippen LogP contribution in [0.1, 0.15) is 24.5 Å². The van der Waals surface area contributed by atoms with E-state index in [0.29, 0.717) is 0 Å². The Morgan fingerprint density at radius 2 is 2.31 bits per heavy atom. The number of terminal acetylenes is 1. The van der Waals surface area contributed by atoms with Gasteiger partial charge < -0.3 is 5.73 Å². The van der Waals surface area contributed by atoms with Crippen LogP contribution in [-0.2, 0) is 6.42 Å². The highest BCUT2D eigenvalue weighted by Gasteiger charge is 1.97. The smallest absolute Gasteiger partial charge is 0.0245 e. The van der Waals surface area contributed by atoms with Gasteiger partial charge in [0, 0.05) is 11.6 Å². The molecule has 0 aliphatic heterocycles. The van der Waals surface area contributed by atoms with E-state index in [1.807, 2.05) is 25.1 Å². The summed E-state index contributed by atoms with van der Waals surface area (Å²) >= 11 is 0. The molecule has 0 radical (unpaired) electrons. The van der Waals surface area contributed by atoms with E-state index in [1.54, 1.807) is 0 Å². The highest BCUT2D eigenvalue weighted by Crippen LogP contribution is 2.07. The summed E-state index contributed by atoms with van der Waals surface area (Å²) in [7, 11) is 0. The first kappa shape index (κ1) is 9.83. The Bertz CT molecular complexity index is 307. The van der Waals surface area contributed by atoms with Gasteiger partial charge in [0.05, 0.1) is 0 Å². The molecule has 0 amide bonds. The summed E-state index contributed by atoms with van der Waals surface area (Å²) in [4.78, 5) is 0. The Kier molecular flexibility index (Phi) is 3.54. The third-order valence-electron chi connectivity index (χ3n) is 1.98. The fourth-order valence-electron chi connectivity index (χ4n) is 1.21. The van der Waals surface area contributed by atoms with E-state index in [2.05, 4.69) is 12.0 Å². The maximum absolute atomic E-state index is 5.67. The highest BCUT2D eigenvalue weighted by molar-refractivity contribution is 5.35. The lowest BCUT2D eigenvalue weighted by atomic mass is 10.0. The highest BCUT2D eigenvalue weighted by atomic mass is 14.6. The second-order valence-electron chi connectivity index (χ2n) is 3.36. The SMILES string of the molecule is C#Cc1cccc(CC[C@@H](C)N)c1. The van der Waals surface area contributed by atoms with Crippen molar-refractivity contribution in [2.24, 2.45) is 5.73 Å². The molecule has 2 N–H and O–H groups in total. The maximum Gasteiger partial charge on any atom is 0.0245 e. The van der Waals surface area contributed by atoms with Crippen molar-refractivity contribution in [1.29, 1.82) is 0 Å². The standard InChI is InChI=1S/C12H15N/c1-3-11-5-4-6-12(9-11)8-7-10(2)13/h1,4-6,9-10H,7-8,13H2,2H3/t10-/m1/s1. The van der Waals surface area contributed by atoms with Crippen molar-refractivity contribution in [3.05, 3.63) is 35.4 Å². The average molecular weight is 173 g/mol. The van der Waals surface area contributed by atoms with E-state index in [0.717, 1.165) is 18.4 Å². The van der Waals surface area contributed by atoms with Crippen LogP contribution in [0, 0.1) is 12.3 Å². The summed E-state index contributed by atoms with van der Waals surface area (Å²) in [5, 5.41) is 0. The molecule has 0 heterocycles. The van der Waals surface area contributed by atoms with Crippen molar-refractivity contribution in [1.82, 2.24) is 0 Å². The number of nitrogens with two attached hydrogens (primary N) is 1. The molecular weight excluding hydrogens is 158 g/mol. The minimum absolute atomic E-state index is 0.259. The van der Waals surface area contributed by atoms with Crippen molar-refractivity contribution in [3.8, 4) is 12.3 Å². The molecule has 0 aliphatic rings. The molecular formula is C12H15N. The van der Waals surface area contributed by atoms with Gasteiger partial charge in [-0.15, -0.1) is 6.42 Å². The molecule has 0 aromatic heterocycles. The van der Waals surface area contributed by atoms with Crippen molar-refractivity contribution in [2.75, 3.05) is 0 Å². The Morgan fingerprint density at radius 1 is 1.54 bits per heavy atom. The topological polar surface area (TPSA) is 26.0 Å². The second kappa shape index (κ2) is 4.69. The van der Waals surface area contributed by atoms with Crippen LogP contribution in [0.2, 0.25) is 0 Å². The Hall–Kier alpha value is -1.26. The van der Waals surface area contributed by atoms with E-state index in [1.165, 1.54) is 5.56 Å². The zero-order valence-electron chi connectivity index (χ0n) is 7.96. The summed E-state index contributed by atoms with van der Waals surface area (Å²) in [6.45, 7) is 2.02. The monoisotopic (exact) mass is 173 g/mol. The fourth-order valence-corrected chi connectivity index (χ4v) is 1.21. The van der Waals surface area contributed by atoms with Gasteiger partial charge in [0.2, 0.25) is 0 Å². The zero-order chi connectivity index (χ0) is 9.68. The van der Waals surface area contributed by atoms with Crippen LogP contribution in [0.15, 0.2) is 24.3 Å². The van der Waals surface area contributed by atoms with E-state index >= 15 is 0 Å². The molecule has 1 rings (SSSR count). The molecule has 0 saturated carbocycles. The third-order valence-corrected chi connectivity index (χ3v) is 1.98. The molecule has 0 fully saturated rings. The molecule has 68 valence electrons. The minimum Gasteiger partial charge on any atom is -0.328 e. The van der Waals surface area contributed by atoms with Crippen LogP contribution in [0.3, 0.4) is 0 Å². The number of aryl methyl sites for hydroxylation is 1. The van der Waals surface area contributed by atoms with Crippen molar-refractivity contribution in [3.63, 3.8) is 0 Å². The molecule has 1 aromatic rings. The predicted molar refractivity (Wildman–Crippen MR) is 56.3 cm³/mol. The van der Waals surface area contributed by atoms with Gasteiger partial charge in [-0.1, -0.05) is 18.1 Å². The van der Waals surface area contributed by atoms with Crippen LogP contribution in [0.4, 0.5) is 0 Å². The number of hydrogen-bond donors (Lipinski definition) is 1. The van der Waals surface area contributed by atoms with E-state index in [4.69, 9.17) is 12.2 Å². The third kappa shape index (κ3) is 3.31. The first-order chi connectivity index (χ1) is 6.22. The second-order valence-corrected chi connectivity index (χ2v) is 3.36. The van der Waals surface area contributed by atoms with Gasteiger partial charge in [-0.05, 0) is 37.5 Å². The summed E-state index contributed by atoms with van der Waals surface area (Å²) in [6, 6.07) is 8.32. The van der Waals surface area contributed by atoms with E-state index in [9.17, 15) is 0 Å². The summed E-state index contributed by atoms with van der Waals surface area (Å²) < 4.78 is 0. The van der Waals surface area contributed by atoms with E-state index < -0.39 is 0 Å². The molecule has 0 bridgehead atoms. The first-order valence-electron chi connectivity index (χ1n) is 4.53. The molecule has 0 aliphatic carbocycles. The van der Waals surface area contributed by atoms with Gasteiger partial charge >= 0.3 is 0 Å². The van der Waals surface area contributed by atoms with Crippen LogP contribution in [-0.4, -0.2) is 6.04 Å². The Balaban J connectivity index is 2.63. The molecule has 1 aromatic carbocycles. The van der Waals surface area contributed by atoms with Gasteiger partial charge in [0.1, 0.15) is 0 Å². The molecule has 0 spiro atoms. The minimum atomic E-state index is 0.259. The summed E-state index contributed by atoms with van der Waals surface area (Å²) in [5.74, 6) is 2.62. The van der Waals surface area contributed by atoms with Gasteiger partial charge in [-0.2, -0.15) is 0 Å². The van der Waals surface area contributed by atoms with E-state index in [-0.39, 0.29) is 6.04 Å². The Labute approximate surface area is 80.0 Å². The van der Waals surface area contributed by atoms with Gasteiger partial charge in [0.15, 0.2) is 0 Å². The average Bonchev–Trinajstić information content (AvgIpc) is 2.15. The molecule has 0 saturated heterocycles. The molecule has 0 unspecified atom stereocenters. The van der Waals surface area contributed by atoms with Crippen molar-refractivity contribution < 1.29 is 0 Å². The Morgan fingerprint density at radius 3 is 2.92 bits per heavy atom. The van der Waals surface area contributed by atoms with Crippen LogP contribution in [0.25, 0.3) is 0 Å². The number of benzene rings is 1. The van der Waals surface area contributed by atoms with Gasteiger partial charge in [0.25, 0.3) is 0 Å². The maximum atomic E-state index is 5.67. The summed E-state index contributed by atoms with van der Waals surface area (Å²) in [5.41, 5.74) is 7.89. The number of hydrogen-bond acceptors (Lipinski definition) is 1. The summed E-state index contributed by atoms with van der Waals surface area (Å²) in [6.07, 6.45) is 7.32. The van der Waals surface area contributed by atoms with Crippen LogP contribution in [0.5, 0.6) is 0 Å². The quantitative estimate of drug-likeness (QED) is 0.695. The largest absolute Gasteiger partial charge is 0.328 e. The molecule has 1 heteroatoms. The number of rotatable bonds is 3. The first-order valence-corrected chi connectivity index (χ1v) is 4.53. The van der Waals surface area contributed by atoms with Crippen LogP contribution >= 0.6 is 0 Å². The molecule has 1 atom stereocenters. The van der Waals surface area contributed by atoms with Crippen LogP contribution < -0.4 is 5.73 Å². The lowest BCUT2D eigenvalue weighted by Crippen LogP contribution is -2.15. The molecule has 1 nitrogen and oxygen atoms in total. The lowest BCUT2D eigenvalue weighted by molar-refractivity contribution is 0.666. The van der Waals surface area contributed by atoms with Gasteiger partial charge in [-0.3, -0.25) is 0 Å². The zero-order valence-corrected chi connectivity index (χ0v) is 7.96. The fraction of sp³-hybridized carbons (Fsp3) is 0.333. The van der Waals surface area contributed by atoms with Crippen molar-refractivity contribution >= 4 is 0 Å². The predicted octanol–water partition coefficient (Wildman–Crippen LogP) is 1.95. The normalized spacial score (nSPS) is 12.1. The lowest BCUT2D eigenvalue weighted by Gasteiger charge is -2.04. The van der Waals surface area contributed by atoms with Gasteiger partial charge in [-0.25, -0.2) is 0 Å².